The van der Waals surface area contributed by atoms with Crippen molar-refractivity contribution < 1.29 is 9.53 Å². The number of anilines is 1. The third kappa shape index (κ3) is 3.79. The minimum atomic E-state index is -0.340. The van der Waals surface area contributed by atoms with Crippen LogP contribution in [0, 0.1) is 0 Å². The number of pyridine rings is 1. The Morgan fingerprint density at radius 2 is 2.21 bits per heavy atom. The summed E-state index contributed by atoms with van der Waals surface area (Å²) in [6.07, 6.45) is 3.53. The van der Waals surface area contributed by atoms with E-state index in [1.807, 2.05) is 18.2 Å². The third-order valence-electron chi connectivity index (χ3n) is 2.54. The maximum atomic E-state index is 11.4. The van der Waals surface area contributed by atoms with Crippen LogP contribution in [0.2, 0.25) is 0 Å². The normalized spacial score (nSPS) is 10.0. The highest BCUT2D eigenvalue weighted by Gasteiger charge is 2.05. The van der Waals surface area contributed by atoms with Gasteiger partial charge in [0.25, 0.3) is 0 Å². The second kappa shape index (κ2) is 6.33. The van der Waals surface area contributed by atoms with Crippen molar-refractivity contribution in [2.75, 3.05) is 12.4 Å². The highest BCUT2D eigenvalue weighted by atomic mass is 79.9. The van der Waals surface area contributed by atoms with Crippen molar-refractivity contribution >= 4 is 27.6 Å². The molecule has 98 valence electrons. The first-order valence-corrected chi connectivity index (χ1v) is 6.50. The topological polar surface area (TPSA) is 51.2 Å². The van der Waals surface area contributed by atoms with Crippen LogP contribution in [-0.2, 0) is 11.3 Å². The number of benzene rings is 1. The Labute approximate surface area is 119 Å². The fourth-order valence-electron chi connectivity index (χ4n) is 1.63. The fourth-order valence-corrected chi connectivity index (χ4v) is 2.04. The van der Waals surface area contributed by atoms with Gasteiger partial charge in [-0.1, -0.05) is 6.07 Å². The van der Waals surface area contributed by atoms with Gasteiger partial charge in [-0.25, -0.2) is 4.79 Å². The zero-order valence-corrected chi connectivity index (χ0v) is 12.0. The smallest absolute Gasteiger partial charge is 0.337 e. The molecule has 0 aliphatic carbocycles. The lowest BCUT2D eigenvalue weighted by Crippen LogP contribution is -2.04. The van der Waals surface area contributed by atoms with E-state index in [1.165, 1.54) is 7.11 Å². The third-order valence-corrected chi connectivity index (χ3v) is 2.98. The van der Waals surface area contributed by atoms with E-state index in [0.29, 0.717) is 12.1 Å². The van der Waals surface area contributed by atoms with Crippen molar-refractivity contribution in [3.63, 3.8) is 0 Å². The molecule has 1 aromatic heterocycles. The number of aromatic nitrogens is 1. The zero-order chi connectivity index (χ0) is 13.7. The first-order chi connectivity index (χ1) is 9.19. The Balaban J connectivity index is 2.05. The Hall–Kier alpha value is -1.88. The van der Waals surface area contributed by atoms with Gasteiger partial charge in [-0.2, -0.15) is 0 Å². The maximum Gasteiger partial charge on any atom is 0.337 e. The van der Waals surface area contributed by atoms with E-state index in [1.54, 1.807) is 24.5 Å². The van der Waals surface area contributed by atoms with E-state index in [9.17, 15) is 4.79 Å². The van der Waals surface area contributed by atoms with Gasteiger partial charge in [0.15, 0.2) is 0 Å². The minimum absolute atomic E-state index is 0.340. The van der Waals surface area contributed by atoms with Gasteiger partial charge in [0.2, 0.25) is 0 Å². The molecular weight excluding hydrogens is 308 g/mol. The van der Waals surface area contributed by atoms with Crippen molar-refractivity contribution in [2.24, 2.45) is 0 Å². The summed E-state index contributed by atoms with van der Waals surface area (Å²) < 4.78 is 5.63. The molecule has 0 saturated heterocycles. The molecule has 0 aliphatic heterocycles. The lowest BCUT2D eigenvalue weighted by molar-refractivity contribution is 0.0601. The van der Waals surface area contributed by atoms with Gasteiger partial charge in [0, 0.05) is 29.1 Å². The molecule has 2 aromatic rings. The van der Waals surface area contributed by atoms with Crippen molar-refractivity contribution in [3.8, 4) is 0 Å². The van der Waals surface area contributed by atoms with Crippen LogP contribution in [0.25, 0.3) is 0 Å². The fraction of sp³-hybridized carbons (Fsp3) is 0.143. The SMILES string of the molecule is COC(=O)c1cccc(NCc2cncc(Br)c2)c1. The molecule has 1 aromatic carbocycles. The van der Waals surface area contributed by atoms with Crippen molar-refractivity contribution in [1.29, 1.82) is 0 Å². The molecule has 4 nitrogen and oxygen atoms in total. The van der Waals surface area contributed by atoms with Crippen LogP contribution in [-0.4, -0.2) is 18.1 Å². The second-order valence-electron chi connectivity index (χ2n) is 3.94. The standard InChI is InChI=1S/C14H13BrN2O2/c1-19-14(18)11-3-2-4-13(6-11)17-8-10-5-12(15)9-16-7-10/h2-7,9,17H,8H2,1H3. The molecule has 0 atom stereocenters. The molecule has 1 heterocycles. The first-order valence-electron chi connectivity index (χ1n) is 5.71. The Morgan fingerprint density at radius 1 is 1.37 bits per heavy atom. The van der Waals surface area contributed by atoms with Gasteiger partial charge in [0.05, 0.1) is 12.7 Å². The summed E-state index contributed by atoms with van der Waals surface area (Å²) in [5.41, 5.74) is 2.44. The van der Waals surface area contributed by atoms with Gasteiger partial charge < -0.3 is 10.1 Å². The number of nitrogens with zero attached hydrogens (tertiary/aromatic N) is 1. The molecule has 0 spiro atoms. The van der Waals surface area contributed by atoms with Crippen molar-refractivity contribution in [2.45, 2.75) is 6.54 Å². The summed E-state index contributed by atoms with van der Waals surface area (Å²) in [4.78, 5) is 15.5. The quantitative estimate of drug-likeness (QED) is 0.879. The predicted molar refractivity (Wildman–Crippen MR) is 77.0 cm³/mol. The molecule has 19 heavy (non-hydrogen) atoms. The largest absolute Gasteiger partial charge is 0.465 e. The van der Waals surface area contributed by atoms with E-state index in [-0.39, 0.29) is 5.97 Å². The molecule has 0 saturated carbocycles. The molecule has 0 radical (unpaired) electrons. The Bertz CT molecular complexity index is 587. The number of esters is 1. The number of carbonyl (C=O) groups excluding carboxylic acids is 1. The summed E-state index contributed by atoms with van der Waals surface area (Å²) in [5, 5.41) is 3.24. The molecule has 0 unspecified atom stereocenters. The van der Waals surface area contributed by atoms with E-state index < -0.39 is 0 Å². The van der Waals surface area contributed by atoms with Crippen LogP contribution in [0.4, 0.5) is 5.69 Å². The number of halogens is 1. The van der Waals surface area contributed by atoms with Crippen LogP contribution in [0.15, 0.2) is 47.2 Å². The summed E-state index contributed by atoms with van der Waals surface area (Å²) >= 11 is 3.38. The van der Waals surface area contributed by atoms with Crippen LogP contribution >= 0.6 is 15.9 Å². The van der Waals surface area contributed by atoms with Crippen LogP contribution in [0.3, 0.4) is 0 Å². The number of rotatable bonds is 4. The van der Waals surface area contributed by atoms with Crippen LogP contribution in [0.5, 0.6) is 0 Å². The van der Waals surface area contributed by atoms with Gasteiger partial charge >= 0.3 is 5.97 Å². The lowest BCUT2D eigenvalue weighted by atomic mass is 10.2. The molecule has 0 amide bonds. The zero-order valence-electron chi connectivity index (χ0n) is 10.4. The van der Waals surface area contributed by atoms with Crippen molar-refractivity contribution in [1.82, 2.24) is 4.98 Å². The highest BCUT2D eigenvalue weighted by molar-refractivity contribution is 9.10. The van der Waals surface area contributed by atoms with E-state index in [2.05, 4.69) is 31.0 Å². The molecule has 0 aliphatic rings. The summed E-state index contributed by atoms with van der Waals surface area (Å²) in [6.45, 7) is 0.636. The highest BCUT2D eigenvalue weighted by Crippen LogP contribution is 2.14. The number of ether oxygens (including phenoxy) is 1. The average Bonchev–Trinajstić information content (AvgIpc) is 2.45. The minimum Gasteiger partial charge on any atom is -0.465 e. The van der Waals surface area contributed by atoms with Crippen molar-refractivity contribution in [3.05, 3.63) is 58.3 Å². The van der Waals surface area contributed by atoms with E-state index in [4.69, 9.17) is 0 Å². The van der Waals surface area contributed by atoms with Crippen LogP contribution < -0.4 is 5.32 Å². The number of hydrogen-bond acceptors (Lipinski definition) is 4. The maximum absolute atomic E-state index is 11.4. The van der Waals surface area contributed by atoms with Gasteiger partial charge in [-0.3, -0.25) is 4.98 Å². The number of methoxy groups -OCH3 is 1. The lowest BCUT2D eigenvalue weighted by Gasteiger charge is -2.08. The summed E-state index contributed by atoms with van der Waals surface area (Å²) in [5.74, 6) is -0.340. The van der Waals surface area contributed by atoms with E-state index in [0.717, 1.165) is 15.7 Å². The van der Waals surface area contributed by atoms with Gasteiger partial charge in [-0.15, -0.1) is 0 Å². The first kappa shape index (κ1) is 13.5. The monoisotopic (exact) mass is 320 g/mol. The van der Waals surface area contributed by atoms with Gasteiger partial charge in [0.1, 0.15) is 0 Å². The molecule has 2 rings (SSSR count). The number of nitrogens with one attached hydrogen (secondary N) is 1. The van der Waals surface area contributed by atoms with Gasteiger partial charge in [-0.05, 0) is 45.8 Å². The molecule has 0 fully saturated rings. The average molecular weight is 321 g/mol. The second-order valence-corrected chi connectivity index (χ2v) is 4.85. The molecular formula is C14H13BrN2O2. The molecule has 1 N–H and O–H groups in total. The summed E-state index contributed by atoms with van der Waals surface area (Å²) in [6, 6.07) is 9.19. The predicted octanol–water partition coefficient (Wildman–Crippen LogP) is 3.24. The van der Waals surface area contributed by atoms with Crippen LogP contribution in [0.1, 0.15) is 15.9 Å². The molecule has 5 heteroatoms. The Kier molecular flexibility index (Phi) is 4.52. The number of hydrogen-bond donors (Lipinski definition) is 1. The number of carbonyl (C=O) groups is 1. The molecule has 0 bridgehead atoms. The Morgan fingerprint density at radius 3 is 2.95 bits per heavy atom. The summed E-state index contributed by atoms with van der Waals surface area (Å²) in [7, 11) is 1.37. The van der Waals surface area contributed by atoms with E-state index >= 15 is 0 Å².